The lowest BCUT2D eigenvalue weighted by molar-refractivity contribution is 0.416. The fourth-order valence-electron chi connectivity index (χ4n) is 4.21. The van der Waals surface area contributed by atoms with Gasteiger partial charge in [0.25, 0.3) is 0 Å². The minimum atomic E-state index is -0.490. The molecule has 7 nitrogen and oxygen atoms in total. The second kappa shape index (κ2) is 9.32. The van der Waals surface area contributed by atoms with Gasteiger partial charge in [-0.15, -0.1) is 0 Å². The van der Waals surface area contributed by atoms with Gasteiger partial charge in [0.2, 0.25) is 0 Å². The van der Waals surface area contributed by atoms with E-state index in [1.54, 1.807) is 30.1 Å². The van der Waals surface area contributed by atoms with E-state index in [9.17, 15) is 4.39 Å². The summed E-state index contributed by atoms with van der Waals surface area (Å²) < 4.78 is 21.2. The number of ether oxygens (including phenoxy) is 1. The predicted molar refractivity (Wildman–Crippen MR) is 133 cm³/mol. The molecule has 0 aliphatic carbocycles. The first-order valence-electron chi connectivity index (χ1n) is 11.0. The minimum absolute atomic E-state index is 0.0184. The van der Waals surface area contributed by atoms with Gasteiger partial charge in [-0.25, -0.2) is 14.1 Å². The lowest BCUT2D eigenvalue weighted by atomic mass is 10.00. The van der Waals surface area contributed by atoms with Gasteiger partial charge in [-0.3, -0.25) is 0 Å². The number of anilines is 2. The van der Waals surface area contributed by atoms with Gasteiger partial charge in [0.15, 0.2) is 0 Å². The van der Waals surface area contributed by atoms with Crippen LogP contribution < -0.4 is 20.7 Å². The summed E-state index contributed by atoms with van der Waals surface area (Å²) >= 11 is 6.02. The molecule has 1 fully saturated rings. The van der Waals surface area contributed by atoms with Gasteiger partial charge >= 0.3 is 0 Å². The highest BCUT2D eigenvalue weighted by Crippen LogP contribution is 2.39. The Labute approximate surface area is 201 Å². The van der Waals surface area contributed by atoms with Crippen LogP contribution in [0.15, 0.2) is 60.8 Å². The molecule has 1 saturated heterocycles. The number of nitrogens with zero attached hydrogens (tertiary/aromatic N) is 4. The average Bonchev–Trinajstić information content (AvgIpc) is 3.36. The maximum absolute atomic E-state index is 13.7. The maximum atomic E-state index is 13.7. The molecule has 0 spiro atoms. The number of halogens is 2. The molecule has 0 saturated carbocycles. The van der Waals surface area contributed by atoms with Gasteiger partial charge in [0, 0.05) is 49.1 Å². The number of pyridine rings is 1. The molecule has 0 atom stereocenters. The van der Waals surface area contributed by atoms with Crippen molar-refractivity contribution in [3.63, 3.8) is 0 Å². The van der Waals surface area contributed by atoms with Crippen molar-refractivity contribution < 1.29 is 9.13 Å². The molecule has 9 heteroatoms. The Morgan fingerprint density at radius 2 is 1.76 bits per heavy atom. The Kier molecular flexibility index (Phi) is 6.08. The van der Waals surface area contributed by atoms with Gasteiger partial charge in [-0.1, -0.05) is 11.6 Å². The Hall–Kier alpha value is -3.62. The largest absolute Gasteiger partial charge is 0.496 e. The molecule has 2 aromatic heterocycles. The highest BCUT2D eigenvalue weighted by atomic mass is 35.5. The summed E-state index contributed by atoms with van der Waals surface area (Å²) in [5.41, 5.74) is 10.9. The zero-order valence-electron chi connectivity index (χ0n) is 18.6. The summed E-state index contributed by atoms with van der Waals surface area (Å²) in [6, 6.07) is 16.2. The molecule has 3 heterocycles. The quantitative estimate of drug-likeness (QED) is 0.442. The maximum Gasteiger partial charge on any atom is 0.141 e. The van der Waals surface area contributed by atoms with Crippen LogP contribution in [-0.2, 0) is 0 Å². The molecular formula is C25H24ClFN6O. The van der Waals surface area contributed by atoms with E-state index in [0.717, 1.165) is 48.7 Å². The van der Waals surface area contributed by atoms with Crippen LogP contribution in [0.3, 0.4) is 0 Å². The summed E-state index contributed by atoms with van der Waals surface area (Å²) in [5, 5.41) is 7.82. The number of methoxy groups -OCH3 is 1. The van der Waals surface area contributed by atoms with E-state index < -0.39 is 5.82 Å². The zero-order valence-corrected chi connectivity index (χ0v) is 19.4. The highest BCUT2D eigenvalue weighted by molar-refractivity contribution is 6.30. The average molecular weight is 479 g/mol. The summed E-state index contributed by atoms with van der Waals surface area (Å²) in [6.45, 7) is 3.79. The fourth-order valence-corrected chi connectivity index (χ4v) is 4.39. The van der Waals surface area contributed by atoms with Crippen molar-refractivity contribution in [1.29, 1.82) is 0 Å². The van der Waals surface area contributed by atoms with Crippen molar-refractivity contribution in [3.05, 3.63) is 71.6 Å². The van der Waals surface area contributed by atoms with E-state index in [1.807, 2.05) is 18.2 Å². The molecule has 1 aliphatic heterocycles. The number of piperazine rings is 1. The van der Waals surface area contributed by atoms with Gasteiger partial charge in [-0.05, 0) is 48.5 Å². The molecule has 34 heavy (non-hydrogen) atoms. The van der Waals surface area contributed by atoms with Crippen LogP contribution in [-0.4, -0.2) is 48.1 Å². The van der Waals surface area contributed by atoms with Crippen molar-refractivity contribution in [2.75, 3.05) is 43.9 Å². The third-order valence-corrected chi connectivity index (χ3v) is 6.20. The summed E-state index contributed by atoms with van der Waals surface area (Å²) in [7, 11) is 1.66. The minimum Gasteiger partial charge on any atom is -0.496 e. The van der Waals surface area contributed by atoms with Gasteiger partial charge in [0.1, 0.15) is 17.4 Å². The van der Waals surface area contributed by atoms with Gasteiger partial charge in [0.05, 0.1) is 35.4 Å². The molecule has 0 bridgehead atoms. The standard InChI is InChI=1S/C25H24ClFN6O/c1-34-23-15-16(32-12-10-29-11-13-32)2-4-18(23)19-5-7-24(28)31-25(19)22-8-9-30-33(22)17-3-6-21(27)20(26)14-17/h2-9,14-15,29H,10-13H2,1H3,(H2,28,31). The topological polar surface area (TPSA) is 81.2 Å². The number of nitrogens with two attached hydrogens (primary N) is 1. The molecule has 0 amide bonds. The molecule has 0 unspecified atom stereocenters. The zero-order chi connectivity index (χ0) is 23.7. The van der Waals surface area contributed by atoms with Gasteiger partial charge < -0.3 is 20.7 Å². The van der Waals surface area contributed by atoms with E-state index in [-0.39, 0.29) is 5.02 Å². The Morgan fingerprint density at radius 3 is 2.53 bits per heavy atom. The van der Waals surface area contributed by atoms with Gasteiger partial charge in [-0.2, -0.15) is 5.10 Å². The predicted octanol–water partition coefficient (Wildman–Crippen LogP) is 4.39. The van der Waals surface area contributed by atoms with Crippen molar-refractivity contribution in [2.24, 2.45) is 0 Å². The third kappa shape index (κ3) is 4.18. The summed E-state index contributed by atoms with van der Waals surface area (Å²) in [5.74, 6) is 0.621. The van der Waals surface area contributed by atoms with Crippen molar-refractivity contribution >= 4 is 23.1 Å². The number of hydrogen-bond donors (Lipinski definition) is 2. The van der Waals surface area contributed by atoms with Crippen LogP contribution in [0.4, 0.5) is 15.9 Å². The first kappa shape index (κ1) is 22.2. The smallest absolute Gasteiger partial charge is 0.141 e. The van der Waals surface area contributed by atoms with Crippen LogP contribution >= 0.6 is 11.6 Å². The van der Waals surface area contributed by atoms with Crippen LogP contribution in [0.1, 0.15) is 0 Å². The molecule has 0 radical (unpaired) electrons. The van der Waals surface area contributed by atoms with E-state index in [1.165, 1.54) is 12.1 Å². The monoisotopic (exact) mass is 478 g/mol. The van der Waals surface area contributed by atoms with Crippen LogP contribution in [0, 0.1) is 5.82 Å². The SMILES string of the molecule is COc1cc(N2CCNCC2)ccc1-c1ccc(N)nc1-c1ccnn1-c1ccc(F)c(Cl)c1. The number of nitrogens with one attached hydrogen (secondary N) is 1. The highest BCUT2D eigenvalue weighted by Gasteiger charge is 2.20. The van der Waals surface area contributed by atoms with E-state index in [2.05, 4.69) is 32.4 Å². The third-order valence-electron chi connectivity index (χ3n) is 5.91. The lowest BCUT2D eigenvalue weighted by Crippen LogP contribution is -2.43. The molecule has 3 N–H and O–H groups in total. The van der Waals surface area contributed by atoms with Crippen molar-refractivity contribution in [1.82, 2.24) is 20.1 Å². The first-order valence-corrected chi connectivity index (χ1v) is 11.3. The van der Waals surface area contributed by atoms with Crippen molar-refractivity contribution in [2.45, 2.75) is 0 Å². The van der Waals surface area contributed by atoms with Crippen molar-refractivity contribution in [3.8, 4) is 34.0 Å². The summed E-state index contributed by atoms with van der Waals surface area (Å²) in [6.07, 6.45) is 1.66. The van der Waals surface area contributed by atoms with Crippen LogP contribution in [0.25, 0.3) is 28.2 Å². The van der Waals surface area contributed by atoms with Crippen LogP contribution in [0.5, 0.6) is 5.75 Å². The molecule has 2 aromatic carbocycles. The Bertz CT molecular complexity index is 1330. The molecule has 5 rings (SSSR count). The molecule has 174 valence electrons. The van der Waals surface area contributed by atoms with E-state index in [4.69, 9.17) is 22.1 Å². The Balaban J connectivity index is 1.62. The molecule has 1 aliphatic rings. The van der Waals surface area contributed by atoms with E-state index >= 15 is 0 Å². The second-order valence-electron chi connectivity index (χ2n) is 7.98. The number of hydrogen-bond acceptors (Lipinski definition) is 6. The Morgan fingerprint density at radius 1 is 1.00 bits per heavy atom. The number of rotatable bonds is 5. The summed E-state index contributed by atoms with van der Waals surface area (Å²) in [4.78, 5) is 6.97. The lowest BCUT2D eigenvalue weighted by Gasteiger charge is -2.30. The second-order valence-corrected chi connectivity index (χ2v) is 8.39. The number of benzene rings is 2. The molecular weight excluding hydrogens is 455 g/mol. The fraction of sp³-hybridized carbons (Fsp3) is 0.200. The number of aromatic nitrogens is 3. The molecule has 4 aromatic rings. The van der Waals surface area contributed by atoms with E-state index in [0.29, 0.717) is 22.9 Å². The van der Waals surface area contributed by atoms with Crippen LogP contribution in [0.2, 0.25) is 5.02 Å². The normalized spacial score (nSPS) is 13.8. The number of nitrogen functional groups attached to an aromatic ring is 1. The first-order chi connectivity index (χ1) is 16.5.